The van der Waals surface area contributed by atoms with Gasteiger partial charge < -0.3 is 9.84 Å². The van der Waals surface area contributed by atoms with Crippen LogP contribution >= 0.6 is 11.6 Å². The maximum Gasteiger partial charge on any atom is 0.310 e. The van der Waals surface area contributed by atoms with Crippen molar-refractivity contribution in [2.45, 2.75) is 33.3 Å². The second-order valence-corrected chi connectivity index (χ2v) is 7.06. The predicted molar refractivity (Wildman–Crippen MR) is 104 cm³/mol. The summed E-state index contributed by atoms with van der Waals surface area (Å²) in [6, 6.07) is 11.4. The summed E-state index contributed by atoms with van der Waals surface area (Å²) in [5.74, 6) is -0.546. The Kier molecular flexibility index (Phi) is 5.24. The van der Waals surface area contributed by atoms with Crippen LogP contribution in [0.15, 0.2) is 42.5 Å². The molecule has 0 radical (unpaired) electrons. The molecule has 0 fully saturated rings. The number of ether oxygens (including phenoxy) is 1. The molecule has 3 rings (SSSR count). The van der Waals surface area contributed by atoms with Crippen molar-refractivity contribution in [3.63, 3.8) is 0 Å². The van der Waals surface area contributed by atoms with Gasteiger partial charge in [0.2, 0.25) is 0 Å². The van der Waals surface area contributed by atoms with Gasteiger partial charge in [-0.25, -0.2) is 0 Å². The minimum atomic E-state index is -0.380. The molecule has 0 amide bonds. The first kappa shape index (κ1) is 19.0. The topological polar surface area (TPSA) is 68.5 Å². The summed E-state index contributed by atoms with van der Waals surface area (Å²) < 4.78 is 6.80. The number of benzene rings is 2. The molecule has 0 atom stereocenters. The fourth-order valence-electron chi connectivity index (χ4n) is 3.13. The van der Waals surface area contributed by atoms with Gasteiger partial charge in [0, 0.05) is 21.7 Å². The van der Waals surface area contributed by atoms with Gasteiger partial charge in [0.1, 0.15) is 5.75 Å². The number of nitrogens with zero attached hydrogens (tertiary/aromatic N) is 1. The smallest absolute Gasteiger partial charge is 0.310 e. The van der Waals surface area contributed by atoms with E-state index in [2.05, 4.69) is 0 Å². The summed E-state index contributed by atoms with van der Waals surface area (Å²) in [7, 11) is 0. The number of rotatable bonds is 4. The second kappa shape index (κ2) is 7.45. The molecule has 1 heterocycles. The first-order chi connectivity index (χ1) is 12.8. The van der Waals surface area contributed by atoms with Crippen molar-refractivity contribution in [1.82, 2.24) is 4.57 Å². The van der Waals surface area contributed by atoms with Gasteiger partial charge in [-0.2, -0.15) is 0 Å². The minimum Gasteiger partial charge on any atom is -0.508 e. The molecule has 27 heavy (non-hydrogen) atoms. The average Bonchev–Trinajstić information content (AvgIpc) is 2.86. The average molecular weight is 386 g/mol. The van der Waals surface area contributed by atoms with Crippen LogP contribution in [0, 0.1) is 6.92 Å². The molecule has 2 aromatic carbocycles. The van der Waals surface area contributed by atoms with E-state index >= 15 is 0 Å². The molecule has 0 bridgehead atoms. The summed E-state index contributed by atoms with van der Waals surface area (Å²) in [5.41, 5.74) is 2.39. The number of aromatic hydroxyl groups is 1. The van der Waals surface area contributed by atoms with Crippen LogP contribution in [0.25, 0.3) is 10.9 Å². The number of esters is 1. The van der Waals surface area contributed by atoms with Crippen molar-refractivity contribution < 1.29 is 19.4 Å². The Balaban J connectivity index is 2.13. The molecule has 3 aromatic rings. The lowest BCUT2D eigenvalue weighted by Gasteiger charge is -2.09. The molecule has 5 nitrogen and oxygen atoms in total. The molecular weight excluding hydrogens is 366 g/mol. The normalized spacial score (nSPS) is 11.1. The molecule has 6 heteroatoms. The van der Waals surface area contributed by atoms with Gasteiger partial charge in [-0.05, 0) is 68.8 Å². The highest BCUT2D eigenvalue weighted by Gasteiger charge is 2.22. The number of carbonyl (C=O) groups excluding carboxylic acids is 2. The standard InChI is InChI=1S/C21H20ClNO4/c1-12(2)27-20(25)11-17-13(3)23(19-9-8-16(24)10-18(17)19)21(26)14-4-6-15(22)7-5-14/h4-10,12,24H,11H2,1-3H3. The lowest BCUT2D eigenvalue weighted by molar-refractivity contribution is -0.146. The zero-order valence-corrected chi connectivity index (χ0v) is 16.1. The lowest BCUT2D eigenvalue weighted by atomic mass is 10.1. The molecule has 0 spiro atoms. The molecule has 0 aliphatic carbocycles. The molecule has 1 N–H and O–H groups in total. The molecule has 0 unspecified atom stereocenters. The van der Waals surface area contributed by atoms with Crippen LogP contribution in [0.1, 0.15) is 35.5 Å². The second-order valence-electron chi connectivity index (χ2n) is 6.63. The van der Waals surface area contributed by atoms with E-state index in [1.807, 2.05) is 0 Å². The van der Waals surface area contributed by atoms with Crippen LogP contribution in [-0.2, 0) is 16.0 Å². The van der Waals surface area contributed by atoms with Crippen molar-refractivity contribution in [2.75, 3.05) is 0 Å². The van der Waals surface area contributed by atoms with Crippen molar-refractivity contribution >= 4 is 34.4 Å². The fourth-order valence-corrected chi connectivity index (χ4v) is 3.25. The number of fused-ring (bicyclic) bond motifs is 1. The summed E-state index contributed by atoms with van der Waals surface area (Å²) >= 11 is 5.91. The Morgan fingerprint density at radius 3 is 2.44 bits per heavy atom. The van der Waals surface area contributed by atoms with Gasteiger partial charge >= 0.3 is 5.97 Å². The third kappa shape index (κ3) is 3.83. The summed E-state index contributed by atoms with van der Waals surface area (Å²) in [6.07, 6.45) is -0.208. The van der Waals surface area contributed by atoms with Gasteiger partial charge in [-0.3, -0.25) is 14.2 Å². The van der Waals surface area contributed by atoms with Crippen molar-refractivity contribution in [2.24, 2.45) is 0 Å². The van der Waals surface area contributed by atoms with E-state index < -0.39 is 0 Å². The van der Waals surface area contributed by atoms with Gasteiger partial charge in [-0.1, -0.05) is 11.6 Å². The SMILES string of the molecule is Cc1c(CC(=O)OC(C)C)c2cc(O)ccc2n1C(=O)c1ccc(Cl)cc1. The van der Waals surface area contributed by atoms with Crippen LogP contribution in [0.2, 0.25) is 5.02 Å². The zero-order chi connectivity index (χ0) is 19.7. The number of phenolic OH excluding ortho intramolecular Hbond substituents is 1. The van der Waals surface area contributed by atoms with Crippen molar-refractivity contribution in [1.29, 1.82) is 0 Å². The monoisotopic (exact) mass is 385 g/mol. The minimum absolute atomic E-state index is 0.0187. The van der Waals surface area contributed by atoms with E-state index in [0.717, 1.165) is 0 Å². The molecular formula is C21H20ClNO4. The molecule has 1 aromatic heterocycles. The van der Waals surface area contributed by atoms with Crippen LogP contribution in [0.5, 0.6) is 5.75 Å². The highest BCUT2D eigenvalue weighted by molar-refractivity contribution is 6.30. The number of hydrogen-bond acceptors (Lipinski definition) is 4. The lowest BCUT2D eigenvalue weighted by Crippen LogP contribution is -2.16. The van der Waals surface area contributed by atoms with Crippen LogP contribution in [0.3, 0.4) is 0 Å². The van der Waals surface area contributed by atoms with Gasteiger partial charge in [0.15, 0.2) is 0 Å². The van der Waals surface area contributed by atoms with E-state index in [9.17, 15) is 14.7 Å². The Morgan fingerprint density at radius 1 is 1.15 bits per heavy atom. The van der Waals surface area contributed by atoms with Gasteiger partial charge in [-0.15, -0.1) is 0 Å². The zero-order valence-electron chi connectivity index (χ0n) is 15.3. The first-order valence-corrected chi connectivity index (χ1v) is 8.98. The highest BCUT2D eigenvalue weighted by atomic mass is 35.5. The van der Waals surface area contributed by atoms with Crippen LogP contribution in [0.4, 0.5) is 0 Å². The summed E-state index contributed by atoms with van der Waals surface area (Å²) in [6.45, 7) is 5.34. The fraction of sp³-hybridized carbons (Fsp3) is 0.238. The number of carbonyl (C=O) groups is 2. The largest absolute Gasteiger partial charge is 0.508 e. The van der Waals surface area contributed by atoms with Crippen LogP contribution < -0.4 is 0 Å². The van der Waals surface area contributed by atoms with E-state index in [0.29, 0.717) is 32.7 Å². The van der Waals surface area contributed by atoms with E-state index in [1.54, 1.807) is 61.7 Å². The van der Waals surface area contributed by atoms with Gasteiger partial charge in [0.05, 0.1) is 18.0 Å². The van der Waals surface area contributed by atoms with E-state index in [-0.39, 0.29) is 30.2 Å². The molecule has 0 aliphatic rings. The van der Waals surface area contributed by atoms with Crippen molar-refractivity contribution in [3.05, 3.63) is 64.3 Å². The molecule has 0 saturated carbocycles. The summed E-state index contributed by atoms with van der Waals surface area (Å²) in [4.78, 5) is 25.3. The van der Waals surface area contributed by atoms with Gasteiger partial charge in [0.25, 0.3) is 5.91 Å². The maximum absolute atomic E-state index is 13.1. The number of aromatic nitrogens is 1. The quantitative estimate of drug-likeness (QED) is 0.672. The Labute approximate surface area is 162 Å². The van der Waals surface area contributed by atoms with Crippen molar-refractivity contribution in [3.8, 4) is 5.75 Å². The van der Waals surface area contributed by atoms with E-state index in [4.69, 9.17) is 16.3 Å². The maximum atomic E-state index is 13.1. The van der Waals surface area contributed by atoms with E-state index in [1.165, 1.54) is 6.07 Å². The molecule has 0 saturated heterocycles. The van der Waals surface area contributed by atoms with Crippen LogP contribution in [-0.4, -0.2) is 27.7 Å². The third-order valence-electron chi connectivity index (χ3n) is 4.30. The first-order valence-electron chi connectivity index (χ1n) is 8.60. The molecule has 140 valence electrons. The summed E-state index contributed by atoms with van der Waals surface area (Å²) in [5, 5.41) is 11.1. The number of hydrogen-bond donors (Lipinski definition) is 1. The third-order valence-corrected chi connectivity index (χ3v) is 4.55. The molecule has 0 aliphatic heterocycles. The predicted octanol–water partition coefficient (Wildman–Crippen LogP) is 4.49. The Bertz CT molecular complexity index is 1020. The highest BCUT2D eigenvalue weighted by Crippen LogP contribution is 2.30. The number of phenols is 1. The Hall–Kier alpha value is -2.79. The Morgan fingerprint density at radius 2 is 1.81 bits per heavy atom. The number of halogens is 1.